The minimum atomic E-state index is -0.426. The van der Waals surface area contributed by atoms with Gasteiger partial charge in [0.15, 0.2) is 0 Å². The van der Waals surface area contributed by atoms with Crippen molar-refractivity contribution in [2.24, 2.45) is 5.92 Å². The lowest BCUT2D eigenvalue weighted by molar-refractivity contribution is 0.0845. The first-order valence-electron chi connectivity index (χ1n) is 7.77. The molecule has 0 fully saturated rings. The van der Waals surface area contributed by atoms with Gasteiger partial charge in [-0.3, -0.25) is 20.4 Å². The van der Waals surface area contributed by atoms with Crippen molar-refractivity contribution in [3.8, 4) is 5.75 Å². The number of rotatable bonds is 5. The summed E-state index contributed by atoms with van der Waals surface area (Å²) in [5, 5.41) is 0. The second-order valence-electron chi connectivity index (χ2n) is 5.97. The van der Waals surface area contributed by atoms with E-state index >= 15 is 0 Å². The molecule has 0 unspecified atom stereocenters. The predicted octanol–water partition coefficient (Wildman–Crippen LogP) is 3.01. The van der Waals surface area contributed by atoms with Crippen molar-refractivity contribution in [1.82, 2.24) is 10.9 Å². The van der Waals surface area contributed by atoms with Crippen LogP contribution in [-0.2, 0) is 0 Å². The van der Waals surface area contributed by atoms with Crippen LogP contribution in [0.4, 0.5) is 0 Å². The lowest BCUT2D eigenvalue weighted by atomic mass is 10.2. The molecule has 0 radical (unpaired) electrons. The SMILES string of the molecule is Cc1cc(C(=O)NNC(=O)c2cccc(OCC(C)C)c2)c(C)o1. The summed E-state index contributed by atoms with van der Waals surface area (Å²) < 4.78 is 10.9. The monoisotopic (exact) mass is 330 g/mol. The Balaban J connectivity index is 1.96. The molecule has 0 spiro atoms. The van der Waals surface area contributed by atoms with Crippen LogP contribution in [0.3, 0.4) is 0 Å². The summed E-state index contributed by atoms with van der Waals surface area (Å²) in [6, 6.07) is 8.43. The average Bonchev–Trinajstić information content (AvgIpc) is 2.89. The van der Waals surface area contributed by atoms with E-state index in [0.29, 0.717) is 40.9 Å². The first kappa shape index (κ1) is 17.6. The molecule has 0 aliphatic carbocycles. The molecule has 2 N–H and O–H groups in total. The van der Waals surface area contributed by atoms with Gasteiger partial charge < -0.3 is 9.15 Å². The maximum atomic E-state index is 12.2. The highest BCUT2D eigenvalue weighted by atomic mass is 16.5. The molecule has 0 bridgehead atoms. The summed E-state index contributed by atoms with van der Waals surface area (Å²) in [5.41, 5.74) is 5.56. The van der Waals surface area contributed by atoms with E-state index in [1.807, 2.05) is 13.8 Å². The molecular formula is C18H22N2O4. The molecular weight excluding hydrogens is 308 g/mol. The molecule has 0 aliphatic heterocycles. The predicted molar refractivity (Wildman–Crippen MR) is 89.9 cm³/mol. The summed E-state index contributed by atoms with van der Waals surface area (Å²) in [6.07, 6.45) is 0. The van der Waals surface area contributed by atoms with Crippen LogP contribution in [0.5, 0.6) is 5.75 Å². The second kappa shape index (κ2) is 7.68. The highest BCUT2D eigenvalue weighted by molar-refractivity contribution is 5.99. The van der Waals surface area contributed by atoms with Crippen LogP contribution < -0.4 is 15.6 Å². The zero-order chi connectivity index (χ0) is 17.7. The van der Waals surface area contributed by atoms with Crippen LogP contribution in [0, 0.1) is 19.8 Å². The number of hydrazine groups is 1. The third kappa shape index (κ3) is 4.62. The van der Waals surface area contributed by atoms with Crippen LogP contribution in [0.15, 0.2) is 34.7 Å². The fourth-order valence-electron chi connectivity index (χ4n) is 2.10. The molecule has 24 heavy (non-hydrogen) atoms. The van der Waals surface area contributed by atoms with Crippen molar-refractivity contribution in [1.29, 1.82) is 0 Å². The molecule has 6 heteroatoms. The number of amides is 2. The lowest BCUT2D eigenvalue weighted by Gasteiger charge is -2.10. The number of benzene rings is 1. The lowest BCUT2D eigenvalue weighted by Crippen LogP contribution is -2.41. The number of nitrogens with one attached hydrogen (secondary N) is 2. The van der Waals surface area contributed by atoms with Gasteiger partial charge in [0, 0.05) is 5.56 Å². The molecule has 128 valence electrons. The molecule has 0 atom stereocenters. The smallest absolute Gasteiger partial charge is 0.273 e. The molecule has 0 aliphatic rings. The van der Waals surface area contributed by atoms with Gasteiger partial charge in [0.25, 0.3) is 11.8 Å². The Hall–Kier alpha value is -2.76. The van der Waals surface area contributed by atoms with Gasteiger partial charge >= 0.3 is 0 Å². The second-order valence-corrected chi connectivity index (χ2v) is 5.97. The van der Waals surface area contributed by atoms with Crippen LogP contribution in [0.25, 0.3) is 0 Å². The largest absolute Gasteiger partial charge is 0.493 e. The van der Waals surface area contributed by atoms with Gasteiger partial charge in [-0.05, 0) is 44.0 Å². The number of carbonyl (C=O) groups excluding carboxylic acids is 2. The van der Waals surface area contributed by atoms with Gasteiger partial charge in [-0.25, -0.2) is 0 Å². The van der Waals surface area contributed by atoms with Crippen molar-refractivity contribution >= 4 is 11.8 Å². The minimum Gasteiger partial charge on any atom is -0.493 e. The fourth-order valence-corrected chi connectivity index (χ4v) is 2.10. The Morgan fingerprint density at radius 1 is 1.12 bits per heavy atom. The highest BCUT2D eigenvalue weighted by Gasteiger charge is 2.15. The Bertz CT molecular complexity index is 734. The van der Waals surface area contributed by atoms with E-state index in [0.717, 1.165) is 0 Å². The molecule has 2 amide bonds. The Labute approximate surface area is 141 Å². The summed E-state index contributed by atoms with van der Waals surface area (Å²) >= 11 is 0. The highest BCUT2D eigenvalue weighted by Crippen LogP contribution is 2.15. The quantitative estimate of drug-likeness (QED) is 0.826. The topological polar surface area (TPSA) is 80.6 Å². The van der Waals surface area contributed by atoms with Gasteiger partial charge in [-0.2, -0.15) is 0 Å². The van der Waals surface area contributed by atoms with Gasteiger partial charge in [0.1, 0.15) is 17.3 Å². The van der Waals surface area contributed by atoms with E-state index in [1.54, 1.807) is 44.2 Å². The van der Waals surface area contributed by atoms with Gasteiger partial charge in [0.2, 0.25) is 0 Å². The van der Waals surface area contributed by atoms with Gasteiger partial charge in [0.05, 0.1) is 12.2 Å². The molecule has 0 saturated heterocycles. The third-order valence-electron chi connectivity index (χ3n) is 3.25. The molecule has 1 aromatic heterocycles. The average molecular weight is 330 g/mol. The fraction of sp³-hybridized carbons (Fsp3) is 0.333. The Kier molecular flexibility index (Phi) is 5.63. The zero-order valence-corrected chi connectivity index (χ0v) is 14.3. The summed E-state index contributed by atoms with van der Waals surface area (Å²) in [4.78, 5) is 24.2. The normalized spacial score (nSPS) is 10.5. The molecule has 1 aromatic carbocycles. The third-order valence-corrected chi connectivity index (χ3v) is 3.25. The summed E-state index contributed by atoms with van der Waals surface area (Å²) in [7, 11) is 0. The summed E-state index contributed by atoms with van der Waals surface area (Å²) in [6.45, 7) is 8.11. The number of aryl methyl sites for hydroxylation is 2. The first-order valence-corrected chi connectivity index (χ1v) is 7.77. The van der Waals surface area contributed by atoms with Crippen molar-refractivity contribution in [3.63, 3.8) is 0 Å². The van der Waals surface area contributed by atoms with Crippen molar-refractivity contribution in [2.45, 2.75) is 27.7 Å². The van der Waals surface area contributed by atoms with E-state index in [2.05, 4.69) is 10.9 Å². The Morgan fingerprint density at radius 3 is 2.46 bits per heavy atom. The van der Waals surface area contributed by atoms with E-state index < -0.39 is 11.8 Å². The standard InChI is InChI=1S/C18H22N2O4/c1-11(2)10-23-15-7-5-6-14(9-15)17(21)19-20-18(22)16-8-12(3)24-13(16)4/h5-9,11H,10H2,1-4H3,(H,19,21)(H,20,22). The Morgan fingerprint density at radius 2 is 1.83 bits per heavy atom. The van der Waals surface area contributed by atoms with E-state index in [4.69, 9.17) is 9.15 Å². The van der Waals surface area contributed by atoms with Crippen LogP contribution in [-0.4, -0.2) is 18.4 Å². The molecule has 6 nitrogen and oxygen atoms in total. The van der Waals surface area contributed by atoms with Crippen LogP contribution in [0.1, 0.15) is 46.1 Å². The number of furan rings is 1. The van der Waals surface area contributed by atoms with E-state index in [9.17, 15) is 9.59 Å². The molecule has 0 saturated carbocycles. The molecule has 2 aromatic rings. The number of hydrogen-bond donors (Lipinski definition) is 2. The van der Waals surface area contributed by atoms with Crippen molar-refractivity contribution in [3.05, 3.63) is 53.0 Å². The first-order chi connectivity index (χ1) is 11.4. The van der Waals surface area contributed by atoms with Gasteiger partial charge in [-0.15, -0.1) is 0 Å². The zero-order valence-electron chi connectivity index (χ0n) is 14.3. The number of hydrogen-bond acceptors (Lipinski definition) is 4. The van der Waals surface area contributed by atoms with Gasteiger partial charge in [-0.1, -0.05) is 19.9 Å². The maximum absolute atomic E-state index is 12.2. The minimum absolute atomic E-state index is 0.391. The van der Waals surface area contributed by atoms with Crippen LogP contribution >= 0.6 is 0 Å². The summed E-state index contributed by atoms with van der Waals surface area (Å²) in [5.74, 6) is 1.30. The number of ether oxygens (including phenoxy) is 1. The number of carbonyl (C=O) groups is 2. The van der Waals surface area contributed by atoms with Crippen molar-refractivity contribution < 1.29 is 18.7 Å². The molecule has 1 heterocycles. The van der Waals surface area contributed by atoms with E-state index in [1.165, 1.54) is 0 Å². The van der Waals surface area contributed by atoms with Crippen LogP contribution in [0.2, 0.25) is 0 Å². The van der Waals surface area contributed by atoms with E-state index in [-0.39, 0.29) is 0 Å². The molecule has 2 rings (SSSR count). The maximum Gasteiger partial charge on any atom is 0.273 e. The van der Waals surface area contributed by atoms with Crippen molar-refractivity contribution in [2.75, 3.05) is 6.61 Å².